The number of carbonyl (C=O) groups excluding carboxylic acids is 2. The first-order valence-electron chi connectivity index (χ1n) is 7.50. The molecule has 122 valence electrons. The number of nitrogens with zero attached hydrogens (tertiary/aromatic N) is 2. The number of ketones is 1. The van der Waals surface area contributed by atoms with Crippen LogP contribution < -0.4 is 0 Å². The molecule has 22 heavy (non-hydrogen) atoms. The summed E-state index contributed by atoms with van der Waals surface area (Å²) < 4.78 is 12.1. The molecule has 0 saturated heterocycles. The van der Waals surface area contributed by atoms with Crippen molar-refractivity contribution in [2.45, 2.75) is 45.8 Å². The third kappa shape index (κ3) is 3.47. The second-order valence-electron chi connectivity index (χ2n) is 6.90. The molecular weight excluding hydrogens is 300 g/mol. The number of methoxy groups -OCH3 is 1. The van der Waals surface area contributed by atoms with E-state index in [-0.39, 0.29) is 5.78 Å². The fourth-order valence-electron chi connectivity index (χ4n) is 2.48. The number of carbonyl (C=O) groups is 2. The lowest BCUT2D eigenvalue weighted by Crippen LogP contribution is -2.24. The van der Waals surface area contributed by atoms with Crippen molar-refractivity contribution in [3.63, 3.8) is 0 Å². The molecule has 0 unspecified atom stereocenters. The van der Waals surface area contributed by atoms with E-state index in [4.69, 9.17) is 4.74 Å². The Bertz CT molecular complexity index is 589. The fraction of sp³-hybridized carbons (Fsp3) is 0.667. The average molecular weight is 324 g/mol. The molecule has 1 aromatic heterocycles. The van der Waals surface area contributed by atoms with E-state index in [0.29, 0.717) is 25.5 Å². The van der Waals surface area contributed by atoms with Crippen LogP contribution in [0.3, 0.4) is 0 Å². The molecule has 6 nitrogen and oxygen atoms in total. The molecule has 2 rings (SSSR count). The Hall–Kier alpha value is -1.47. The van der Waals surface area contributed by atoms with Crippen molar-refractivity contribution in [2.75, 3.05) is 13.7 Å². The molecule has 0 amide bonds. The Morgan fingerprint density at radius 2 is 2.09 bits per heavy atom. The molecular formula is C15H24N2O4Si. The maximum atomic E-state index is 12.2. The largest absolute Gasteiger partial charge is 0.468 e. The van der Waals surface area contributed by atoms with Gasteiger partial charge in [-0.05, 0) is 19.4 Å². The van der Waals surface area contributed by atoms with E-state index >= 15 is 0 Å². The lowest BCUT2D eigenvalue weighted by Gasteiger charge is -2.15. The minimum Gasteiger partial charge on any atom is -0.468 e. The predicted octanol–water partition coefficient (Wildman–Crippen LogP) is 2.03. The van der Waals surface area contributed by atoms with Gasteiger partial charge in [-0.1, -0.05) is 19.6 Å². The normalized spacial score (nSPS) is 17.7. The van der Waals surface area contributed by atoms with Crippen LogP contribution in [0.4, 0.5) is 0 Å². The molecule has 0 N–H and O–H groups in total. The van der Waals surface area contributed by atoms with Crippen LogP contribution in [0.15, 0.2) is 0 Å². The topological polar surface area (TPSA) is 70.4 Å². The highest BCUT2D eigenvalue weighted by atomic mass is 28.3. The molecule has 1 aromatic rings. The maximum absolute atomic E-state index is 12.2. The van der Waals surface area contributed by atoms with E-state index in [1.807, 2.05) is 6.92 Å². The molecule has 0 saturated carbocycles. The number of hydrogen-bond donors (Lipinski definition) is 0. The van der Waals surface area contributed by atoms with Gasteiger partial charge >= 0.3 is 5.97 Å². The van der Waals surface area contributed by atoms with Crippen molar-refractivity contribution in [1.29, 1.82) is 0 Å². The quantitative estimate of drug-likeness (QED) is 0.346. The van der Waals surface area contributed by atoms with Crippen LogP contribution in [-0.4, -0.2) is 43.3 Å². The van der Waals surface area contributed by atoms with E-state index in [1.165, 1.54) is 7.11 Å². The molecule has 0 aliphatic heterocycles. The van der Waals surface area contributed by atoms with Crippen molar-refractivity contribution in [1.82, 2.24) is 9.78 Å². The zero-order chi connectivity index (χ0) is 16.5. The first-order chi connectivity index (χ1) is 10.2. The third-order valence-electron chi connectivity index (χ3n) is 3.98. The molecule has 0 radical (unpaired) electrons. The van der Waals surface area contributed by atoms with E-state index in [2.05, 4.69) is 29.5 Å². The number of fused-ring (bicyclic) bond motifs is 1. The highest BCUT2D eigenvalue weighted by Crippen LogP contribution is 2.29. The molecule has 0 aromatic carbocycles. The van der Waals surface area contributed by atoms with Gasteiger partial charge in [0, 0.05) is 25.9 Å². The van der Waals surface area contributed by atoms with Gasteiger partial charge in [0.2, 0.25) is 0 Å². The Morgan fingerprint density at radius 1 is 1.41 bits per heavy atom. The monoisotopic (exact) mass is 324 g/mol. The number of ether oxygens (including phenoxy) is 2. The summed E-state index contributed by atoms with van der Waals surface area (Å²) in [6.07, 6.45) is 0.377. The Morgan fingerprint density at radius 3 is 2.64 bits per heavy atom. The van der Waals surface area contributed by atoms with Crippen molar-refractivity contribution < 1.29 is 19.1 Å². The van der Waals surface area contributed by atoms with Crippen molar-refractivity contribution in [2.24, 2.45) is 5.92 Å². The number of aromatic nitrogens is 2. The van der Waals surface area contributed by atoms with Crippen molar-refractivity contribution in [3.8, 4) is 0 Å². The summed E-state index contributed by atoms with van der Waals surface area (Å²) in [5, 5.41) is 4.32. The van der Waals surface area contributed by atoms with Crippen LogP contribution in [0.5, 0.6) is 0 Å². The summed E-state index contributed by atoms with van der Waals surface area (Å²) in [7, 11) is 0.190. The van der Waals surface area contributed by atoms with E-state index in [0.717, 1.165) is 17.3 Å². The van der Waals surface area contributed by atoms with Crippen LogP contribution in [0.1, 0.15) is 21.7 Å². The smallest absolute Gasteiger partial charge is 0.316 e. The zero-order valence-corrected chi connectivity index (χ0v) is 14.9. The summed E-state index contributed by atoms with van der Waals surface area (Å²) >= 11 is 0. The van der Waals surface area contributed by atoms with Gasteiger partial charge in [-0.15, -0.1) is 0 Å². The SMILES string of the molecule is COC(=O)[C@@H]1Cc2c(nn(COCC[Si](C)(C)C)c2C)C1=O. The van der Waals surface area contributed by atoms with Crippen molar-refractivity contribution >= 4 is 19.8 Å². The van der Waals surface area contributed by atoms with Gasteiger partial charge in [0.05, 0.1) is 7.11 Å². The highest BCUT2D eigenvalue weighted by molar-refractivity contribution is 6.76. The lowest BCUT2D eigenvalue weighted by molar-refractivity contribution is -0.143. The molecule has 1 aliphatic carbocycles. The fourth-order valence-corrected chi connectivity index (χ4v) is 3.23. The standard InChI is InChI=1S/C15H24N2O4Si/c1-10-11-8-12(15(19)20-2)14(18)13(11)16-17(10)9-21-6-7-22(3,4)5/h12H,6-9H2,1-5H3/t12-/m1/s1. The number of rotatable bonds is 6. The van der Waals surface area contributed by atoms with E-state index in [1.54, 1.807) is 4.68 Å². The van der Waals surface area contributed by atoms with Crippen LogP contribution in [0.25, 0.3) is 0 Å². The van der Waals surface area contributed by atoms with E-state index in [9.17, 15) is 9.59 Å². The number of hydrogen-bond acceptors (Lipinski definition) is 5. The molecule has 0 bridgehead atoms. The molecule has 0 spiro atoms. The van der Waals surface area contributed by atoms with Crippen LogP contribution in [0, 0.1) is 12.8 Å². The molecule has 7 heteroatoms. The Kier molecular flexibility index (Phi) is 4.86. The third-order valence-corrected chi connectivity index (χ3v) is 5.69. The van der Waals surface area contributed by atoms with Gasteiger partial charge in [-0.25, -0.2) is 4.68 Å². The van der Waals surface area contributed by atoms with Crippen LogP contribution in [-0.2, 0) is 27.4 Å². The summed E-state index contributed by atoms with van der Waals surface area (Å²) in [6, 6.07) is 1.09. The first kappa shape index (κ1) is 16.9. The molecule has 1 aliphatic rings. The van der Waals surface area contributed by atoms with Crippen molar-refractivity contribution in [3.05, 3.63) is 17.0 Å². The van der Waals surface area contributed by atoms with Crippen LogP contribution in [0.2, 0.25) is 25.7 Å². The summed E-state index contributed by atoms with van der Waals surface area (Å²) in [6.45, 7) is 9.86. The zero-order valence-electron chi connectivity index (χ0n) is 13.9. The number of esters is 1. The summed E-state index contributed by atoms with van der Waals surface area (Å²) in [5.41, 5.74) is 2.12. The van der Waals surface area contributed by atoms with Gasteiger partial charge < -0.3 is 9.47 Å². The minimum atomic E-state index is -1.11. The van der Waals surface area contributed by atoms with Gasteiger partial charge in [0.1, 0.15) is 18.3 Å². The average Bonchev–Trinajstić information content (AvgIpc) is 2.92. The van der Waals surface area contributed by atoms with Gasteiger partial charge in [-0.3, -0.25) is 9.59 Å². The number of Topliss-reactive ketones (excluding diaryl/α,β-unsaturated/α-hetero) is 1. The summed E-state index contributed by atoms with van der Waals surface area (Å²) in [5.74, 6) is -1.46. The molecule has 1 atom stereocenters. The first-order valence-corrected chi connectivity index (χ1v) is 11.2. The second kappa shape index (κ2) is 6.34. The lowest BCUT2D eigenvalue weighted by atomic mass is 10.1. The minimum absolute atomic E-state index is 0.245. The summed E-state index contributed by atoms with van der Waals surface area (Å²) in [4.78, 5) is 23.8. The van der Waals surface area contributed by atoms with Crippen LogP contribution >= 0.6 is 0 Å². The maximum Gasteiger partial charge on any atom is 0.316 e. The van der Waals surface area contributed by atoms with Gasteiger partial charge in [0.15, 0.2) is 5.78 Å². The highest BCUT2D eigenvalue weighted by Gasteiger charge is 2.40. The predicted molar refractivity (Wildman–Crippen MR) is 84.6 cm³/mol. The molecule has 1 heterocycles. The Labute approximate surface area is 131 Å². The van der Waals surface area contributed by atoms with E-state index < -0.39 is 20.0 Å². The second-order valence-corrected chi connectivity index (χ2v) is 12.5. The molecule has 0 fully saturated rings. The van der Waals surface area contributed by atoms with Gasteiger partial charge in [0.25, 0.3) is 0 Å². The Balaban J connectivity index is 2.00. The van der Waals surface area contributed by atoms with Gasteiger partial charge in [-0.2, -0.15) is 5.10 Å².